The average Bonchev–Trinajstić information content (AvgIpc) is 3.65. The van der Waals surface area contributed by atoms with Crippen molar-refractivity contribution in [3.05, 3.63) is 81.5 Å². The van der Waals surface area contributed by atoms with E-state index in [1.165, 1.54) is 6.07 Å². The van der Waals surface area contributed by atoms with Gasteiger partial charge in [0.2, 0.25) is 0 Å². The van der Waals surface area contributed by atoms with Gasteiger partial charge in [-0.2, -0.15) is 18.3 Å². The summed E-state index contributed by atoms with van der Waals surface area (Å²) in [4.78, 5) is 29.2. The Labute approximate surface area is 242 Å². The number of fused-ring (bicyclic) bond motifs is 1. The zero-order chi connectivity index (χ0) is 30.3. The molecule has 0 spiro atoms. The SMILES string of the molecule is CCn1cc(-c2cc(C(F)(F)F)nc3sc(C(N)=O)c(NC(=O)c4ccc(COc5cc(C)ccc5C)o4)c23)c(C)n1. The first kappa shape index (κ1) is 28.9. The van der Waals surface area contributed by atoms with Crippen LogP contribution in [0.4, 0.5) is 18.9 Å². The summed E-state index contributed by atoms with van der Waals surface area (Å²) >= 11 is 0.662. The molecule has 0 unspecified atom stereocenters. The molecule has 0 radical (unpaired) electrons. The number of halogens is 3. The Morgan fingerprint density at radius 2 is 1.88 bits per heavy atom. The van der Waals surface area contributed by atoms with Crippen LogP contribution in [0.5, 0.6) is 5.75 Å². The molecule has 3 N–H and O–H groups in total. The molecule has 9 nitrogen and oxygen atoms in total. The van der Waals surface area contributed by atoms with E-state index < -0.39 is 23.7 Å². The van der Waals surface area contributed by atoms with Gasteiger partial charge in [-0.1, -0.05) is 12.1 Å². The topological polar surface area (TPSA) is 125 Å². The van der Waals surface area contributed by atoms with Crippen LogP contribution in [-0.4, -0.2) is 26.6 Å². The molecule has 42 heavy (non-hydrogen) atoms. The molecule has 0 saturated carbocycles. The number of aromatic nitrogens is 3. The Hall–Kier alpha value is -4.65. The maximum absolute atomic E-state index is 13.8. The summed E-state index contributed by atoms with van der Waals surface area (Å²) in [5.74, 6) is -0.724. The Balaban J connectivity index is 1.53. The van der Waals surface area contributed by atoms with Crippen molar-refractivity contribution in [3.8, 4) is 16.9 Å². The number of nitrogens with two attached hydrogens (primary N) is 1. The number of benzene rings is 1. The molecule has 0 aliphatic rings. The second kappa shape index (κ2) is 11.0. The van der Waals surface area contributed by atoms with Crippen LogP contribution in [0.3, 0.4) is 0 Å². The second-order valence-corrected chi connectivity index (χ2v) is 10.7. The number of carbonyl (C=O) groups excluding carboxylic acids is 2. The van der Waals surface area contributed by atoms with Gasteiger partial charge in [0, 0.05) is 23.7 Å². The molecule has 0 bridgehead atoms. The van der Waals surface area contributed by atoms with E-state index in [1.807, 2.05) is 39.0 Å². The van der Waals surface area contributed by atoms with E-state index in [2.05, 4.69) is 15.4 Å². The third kappa shape index (κ3) is 5.59. The van der Waals surface area contributed by atoms with Crippen molar-refractivity contribution in [3.63, 3.8) is 0 Å². The quantitative estimate of drug-likeness (QED) is 0.206. The fourth-order valence-electron chi connectivity index (χ4n) is 4.46. The number of anilines is 1. The van der Waals surface area contributed by atoms with Crippen molar-refractivity contribution in [1.29, 1.82) is 0 Å². The number of hydrogen-bond donors (Lipinski definition) is 2. The molecule has 0 saturated heterocycles. The minimum absolute atomic E-state index is 0.0560. The van der Waals surface area contributed by atoms with Crippen LogP contribution in [0, 0.1) is 20.8 Å². The number of nitrogens with zero attached hydrogens (tertiary/aromatic N) is 3. The first-order valence-corrected chi connectivity index (χ1v) is 13.7. The first-order valence-electron chi connectivity index (χ1n) is 12.8. The van der Waals surface area contributed by atoms with Gasteiger partial charge in [-0.05, 0) is 68.7 Å². The van der Waals surface area contributed by atoms with Crippen LogP contribution in [0.15, 0.2) is 47.0 Å². The zero-order valence-corrected chi connectivity index (χ0v) is 23.9. The van der Waals surface area contributed by atoms with Crippen LogP contribution in [0.1, 0.15) is 55.4 Å². The van der Waals surface area contributed by atoms with Gasteiger partial charge in [0.15, 0.2) is 5.76 Å². The third-order valence-electron chi connectivity index (χ3n) is 6.57. The molecule has 5 rings (SSSR count). The number of ether oxygens (including phenoxy) is 1. The standard InChI is InChI=1S/C29H26F3N5O4S/c1-5-37-12-19(16(4)36-37)18-11-22(29(30,31)32)34-28-23(18)24(25(42-28)26(33)38)35-27(39)20-9-8-17(41-20)13-40-21-10-14(2)6-7-15(21)3/h6-12H,5,13H2,1-4H3,(H2,33,38)(H,35,39). The third-order valence-corrected chi connectivity index (χ3v) is 7.67. The molecule has 0 aliphatic carbocycles. The summed E-state index contributed by atoms with van der Waals surface area (Å²) in [7, 11) is 0. The first-order chi connectivity index (χ1) is 19.8. The number of carbonyl (C=O) groups is 2. The van der Waals surface area contributed by atoms with Crippen molar-refractivity contribution in [2.75, 3.05) is 5.32 Å². The summed E-state index contributed by atoms with van der Waals surface area (Å²) in [5.41, 5.74) is 7.30. The number of aryl methyl sites for hydroxylation is 4. The number of furan rings is 1. The summed E-state index contributed by atoms with van der Waals surface area (Å²) in [5, 5.41) is 7.12. The fraction of sp³-hybridized carbons (Fsp3) is 0.241. The molecular formula is C29H26F3N5O4S. The second-order valence-electron chi connectivity index (χ2n) is 9.66. The molecule has 1 aromatic carbocycles. The van der Waals surface area contributed by atoms with E-state index in [9.17, 15) is 22.8 Å². The minimum Gasteiger partial charge on any atom is -0.485 e. The van der Waals surface area contributed by atoms with E-state index >= 15 is 0 Å². The minimum atomic E-state index is -4.76. The van der Waals surface area contributed by atoms with Crippen molar-refractivity contribution in [1.82, 2.24) is 14.8 Å². The normalized spacial score (nSPS) is 11.7. The van der Waals surface area contributed by atoms with Gasteiger partial charge >= 0.3 is 6.18 Å². The van der Waals surface area contributed by atoms with E-state index in [4.69, 9.17) is 14.9 Å². The van der Waals surface area contributed by atoms with Crippen LogP contribution < -0.4 is 15.8 Å². The number of pyridine rings is 1. The molecule has 0 aliphatic heterocycles. The van der Waals surface area contributed by atoms with E-state index in [1.54, 1.807) is 23.9 Å². The predicted molar refractivity (Wildman–Crippen MR) is 152 cm³/mol. The molecule has 0 atom stereocenters. The van der Waals surface area contributed by atoms with Crippen molar-refractivity contribution >= 4 is 39.1 Å². The Morgan fingerprint density at radius 1 is 1.12 bits per heavy atom. The molecule has 218 valence electrons. The highest BCUT2D eigenvalue weighted by atomic mass is 32.1. The van der Waals surface area contributed by atoms with Gasteiger partial charge in [-0.25, -0.2) is 4.98 Å². The van der Waals surface area contributed by atoms with Gasteiger partial charge in [-0.15, -0.1) is 11.3 Å². The average molecular weight is 598 g/mol. The number of alkyl halides is 3. The lowest BCUT2D eigenvalue weighted by Crippen LogP contribution is -2.16. The lowest BCUT2D eigenvalue weighted by Gasteiger charge is -2.11. The van der Waals surface area contributed by atoms with Gasteiger partial charge in [0.1, 0.15) is 33.5 Å². The number of hydrogen-bond acceptors (Lipinski definition) is 7. The van der Waals surface area contributed by atoms with Crippen molar-refractivity contribution in [2.24, 2.45) is 5.73 Å². The Bertz CT molecular complexity index is 1840. The fourth-order valence-corrected chi connectivity index (χ4v) is 5.46. The lowest BCUT2D eigenvalue weighted by atomic mass is 10.0. The highest BCUT2D eigenvalue weighted by Crippen LogP contribution is 2.44. The Morgan fingerprint density at radius 3 is 2.55 bits per heavy atom. The Kier molecular flexibility index (Phi) is 7.54. The van der Waals surface area contributed by atoms with Gasteiger partial charge in [0.25, 0.3) is 11.8 Å². The predicted octanol–water partition coefficient (Wildman–Crippen LogP) is 6.65. The molecule has 0 fully saturated rings. The zero-order valence-electron chi connectivity index (χ0n) is 23.0. The van der Waals surface area contributed by atoms with Gasteiger partial charge in [-0.3, -0.25) is 14.3 Å². The maximum atomic E-state index is 13.8. The summed E-state index contributed by atoms with van der Waals surface area (Å²) in [6.07, 6.45) is -3.16. The molecule has 4 aromatic heterocycles. The van der Waals surface area contributed by atoms with Crippen LogP contribution >= 0.6 is 11.3 Å². The van der Waals surface area contributed by atoms with Crippen LogP contribution in [0.2, 0.25) is 0 Å². The lowest BCUT2D eigenvalue weighted by molar-refractivity contribution is -0.140. The van der Waals surface area contributed by atoms with Crippen LogP contribution in [0.25, 0.3) is 21.3 Å². The molecule has 5 aromatic rings. The number of rotatable bonds is 8. The summed E-state index contributed by atoms with van der Waals surface area (Å²) in [6.45, 7) is 7.89. The maximum Gasteiger partial charge on any atom is 0.433 e. The van der Waals surface area contributed by atoms with Crippen molar-refractivity contribution < 1.29 is 31.9 Å². The number of amides is 2. The number of thiophene rings is 1. The highest BCUT2D eigenvalue weighted by Gasteiger charge is 2.35. The summed E-state index contributed by atoms with van der Waals surface area (Å²) < 4.78 is 54.6. The number of nitrogens with one attached hydrogen (secondary N) is 1. The molecule has 2 amide bonds. The van der Waals surface area contributed by atoms with Gasteiger partial charge < -0.3 is 20.2 Å². The van der Waals surface area contributed by atoms with E-state index in [-0.39, 0.29) is 38.7 Å². The highest BCUT2D eigenvalue weighted by molar-refractivity contribution is 7.21. The van der Waals surface area contributed by atoms with Crippen LogP contribution in [-0.2, 0) is 19.3 Å². The van der Waals surface area contributed by atoms with Crippen molar-refractivity contribution in [2.45, 2.75) is 47.0 Å². The molecular weight excluding hydrogens is 571 g/mol. The van der Waals surface area contributed by atoms with Gasteiger partial charge in [0.05, 0.1) is 11.4 Å². The molecule has 13 heteroatoms. The number of primary amides is 1. The molecule has 4 heterocycles. The largest absolute Gasteiger partial charge is 0.485 e. The van der Waals surface area contributed by atoms with E-state index in [0.717, 1.165) is 17.2 Å². The monoisotopic (exact) mass is 597 g/mol. The smallest absolute Gasteiger partial charge is 0.433 e. The summed E-state index contributed by atoms with van der Waals surface area (Å²) in [6, 6.07) is 9.68. The van der Waals surface area contributed by atoms with E-state index in [0.29, 0.717) is 40.6 Å².